The Labute approximate surface area is 560 Å². The van der Waals surface area contributed by atoms with Crippen molar-refractivity contribution in [2.75, 3.05) is 0 Å². The molecule has 12 aromatic rings. The quantitative estimate of drug-likeness (QED) is 0.226. The molecule has 0 saturated carbocycles. The molecule has 0 heterocycles. The van der Waals surface area contributed by atoms with Crippen LogP contribution >= 0.6 is 0 Å². The van der Waals surface area contributed by atoms with Gasteiger partial charge in [0.25, 0.3) is 0 Å². The molecular formula is C60H39K3LaO6. The summed E-state index contributed by atoms with van der Waals surface area (Å²) in [6.07, 6.45) is 0. The Morgan fingerprint density at radius 2 is 0.386 bits per heavy atom. The van der Waals surface area contributed by atoms with E-state index >= 15 is 0 Å². The molecule has 0 aromatic heterocycles. The fourth-order valence-electron chi connectivity index (χ4n) is 9.10. The van der Waals surface area contributed by atoms with E-state index in [4.69, 9.17) is 0 Å². The molecule has 0 aliphatic heterocycles. The number of aromatic hydroxyl groups is 3. The maximum absolute atomic E-state index is 12.5. The number of phenolic OH excluding ortho intramolecular Hbond substituents is 3. The van der Waals surface area contributed by atoms with Crippen LogP contribution in [0.25, 0.3) is 98.0 Å². The van der Waals surface area contributed by atoms with Crippen LogP contribution in [0.4, 0.5) is 0 Å². The van der Waals surface area contributed by atoms with Crippen molar-refractivity contribution in [2.24, 2.45) is 0 Å². The summed E-state index contributed by atoms with van der Waals surface area (Å²) in [6.45, 7) is 0. The summed E-state index contributed by atoms with van der Waals surface area (Å²) in [7, 11) is 0. The first kappa shape index (κ1) is 56.4. The van der Waals surface area contributed by atoms with E-state index in [2.05, 4.69) is 0 Å². The van der Waals surface area contributed by atoms with Crippen LogP contribution in [-0.2, 0) is 0 Å². The van der Waals surface area contributed by atoms with E-state index < -0.39 is 0 Å². The molecule has 0 fully saturated rings. The second kappa shape index (κ2) is 25.4. The minimum absolute atomic E-state index is 0. The largest absolute Gasteiger partial charge is 1.00 e. The molecule has 6 nitrogen and oxygen atoms in total. The smallest absolute Gasteiger partial charge is 0.872 e. The molecule has 70 heavy (non-hydrogen) atoms. The number of benzene rings is 12. The average Bonchev–Trinajstić information content (AvgIpc) is 3.35. The molecule has 0 spiro atoms. The second-order valence-electron chi connectivity index (χ2n) is 16.0. The van der Waals surface area contributed by atoms with Crippen molar-refractivity contribution >= 4 is 64.6 Å². The van der Waals surface area contributed by atoms with Gasteiger partial charge in [-0.15, -0.1) is 17.2 Å². The summed E-state index contributed by atoms with van der Waals surface area (Å²) in [5.41, 5.74) is 3.52. The summed E-state index contributed by atoms with van der Waals surface area (Å²) in [4.78, 5) is 0. The first-order valence-electron chi connectivity index (χ1n) is 21.5. The summed E-state index contributed by atoms with van der Waals surface area (Å²) < 4.78 is 0. The predicted octanol–water partition coefficient (Wildman–Crippen LogP) is 4.33. The molecule has 12 aromatic carbocycles. The molecule has 0 aliphatic rings. The van der Waals surface area contributed by atoms with Gasteiger partial charge in [0.2, 0.25) is 0 Å². The Balaban J connectivity index is 0.000000167. The molecule has 0 bridgehead atoms. The standard InChI is InChI=1S/3C20H14O2.3K.La/c3*21-17-11-9-13-5-1-3-7-15(13)19(17)20-16-8-4-2-6-14(16)10-12-18(20)22;;;;/h3*1-12,21-22H;;;;/q;;;3*+1;/p-3. The molecule has 12 rings (SSSR count). The van der Waals surface area contributed by atoms with E-state index in [-0.39, 0.29) is 224 Å². The van der Waals surface area contributed by atoms with Gasteiger partial charge in [-0.1, -0.05) is 200 Å². The van der Waals surface area contributed by atoms with E-state index in [0.717, 1.165) is 64.6 Å². The number of hydrogen-bond donors (Lipinski definition) is 3. The van der Waals surface area contributed by atoms with Gasteiger partial charge in [-0.2, -0.15) is 0 Å². The van der Waals surface area contributed by atoms with Crippen LogP contribution in [0.2, 0.25) is 0 Å². The molecule has 0 aliphatic carbocycles. The van der Waals surface area contributed by atoms with Crippen LogP contribution in [0, 0.1) is 35.6 Å². The Morgan fingerprint density at radius 3 is 0.600 bits per heavy atom. The number of rotatable bonds is 3. The van der Waals surface area contributed by atoms with Crippen LogP contribution in [-0.4, -0.2) is 15.3 Å². The van der Waals surface area contributed by atoms with Gasteiger partial charge in [0.1, 0.15) is 17.2 Å². The van der Waals surface area contributed by atoms with Crippen molar-refractivity contribution in [2.45, 2.75) is 0 Å². The maximum Gasteiger partial charge on any atom is 1.00 e. The molecule has 0 atom stereocenters. The third-order valence-corrected chi connectivity index (χ3v) is 12.1. The van der Waals surface area contributed by atoms with Crippen molar-refractivity contribution in [3.05, 3.63) is 218 Å². The molecule has 0 unspecified atom stereocenters. The van der Waals surface area contributed by atoms with Crippen LogP contribution in [0.3, 0.4) is 0 Å². The Kier molecular flexibility index (Phi) is 20.4. The third kappa shape index (κ3) is 11.4. The van der Waals surface area contributed by atoms with E-state index in [1.807, 2.05) is 182 Å². The van der Waals surface area contributed by atoms with E-state index in [1.165, 1.54) is 0 Å². The molecular weight excluding hydrogens is 1070 g/mol. The number of hydrogen-bond acceptors (Lipinski definition) is 6. The van der Waals surface area contributed by atoms with Gasteiger partial charge in [-0.05, 0) is 99.5 Å². The van der Waals surface area contributed by atoms with Crippen molar-refractivity contribution in [1.82, 2.24) is 0 Å². The van der Waals surface area contributed by atoms with Crippen LogP contribution in [0.5, 0.6) is 34.5 Å². The Morgan fingerprint density at radius 1 is 0.214 bits per heavy atom. The normalized spacial score (nSPS) is 10.5. The minimum atomic E-state index is -0.0784. The monoisotopic (exact) mass is 1110 g/mol. The SMILES string of the molecule is [K+].[K+].[K+].[La].[O-]c1ccc2ccccc2c1-c1c(O)ccc2ccccc12.[O-]c1ccc2ccccc2c1-c1c(O)ccc2ccccc12.[O-]c1ccc2ccccc2c1-c1c(O)ccc2ccccc12. The zero-order chi connectivity index (χ0) is 45.3. The minimum Gasteiger partial charge on any atom is -0.872 e. The molecule has 1 radical (unpaired) electrons. The average molecular weight is 1110 g/mol. The van der Waals surface area contributed by atoms with E-state index in [0.29, 0.717) is 33.4 Å². The third-order valence-electron chi connectivity index (χ3n) is 12.1. The van der Waals surface area contributed by atoms with Gasteiger partial charge < -0.3 is 30.6 Å². The fraction of sp³-hybridized carbons (Fsp3) is 0. The van der Waals surface area contributed by atoms with Crippen molar-refractivity contribution < 1.29 is 220 Å². The first-order valence-corrected chi connectivity index (χ1v) is 21.5. The molecule has 0 amide bonds. The summed E-state index contributed by atoms with van der Waals surface area (Å²) in [5.74, 6) is 0.160. The number of phenols is 3. The molecule has 0 saturated heterocycles. The van der Waals surface area contributed by atoms with E-state index in [1.54, 1.807) is 36.4 Å². The van der Waals surface area contributed by atoms with Gasteiger partial charge in [-0.3, -0.25) is 0 Å². The van der Waals surface area contributed by atoms with Crippen molar-refractivity contribution in [3.8, 4) is 67.9 Å². The summed E-state index contributed by atoms with van der Waals surface area (Å²) >= 11 is 0. The van der Waals surface area contributed by atoms with Crippen LogP contribution in [0.15, 0.2) is 218 Å². The van der Waals surface area contributed by atoms with Crippen molar-refractivity contribution in [1.29, 1.82) is 0 Å². The van der Waals surface area contributed by atoms with E-state index in [9.17, 15) is 30.6 Å². The topological polar surface area (TPSA) is 130 Å². The maximum atomic E-state index is 12.5. The summed E-state index contributed by atoms with van der Waals surface area (Å²) in [6, 6.07) is 67.3. The Hall–Kier alpha value is -2.90. The van der Waals surface area contributed by atoms with Crippen molar-refractivity contribution in [3.63, 3.8) is 0 Å². The first-order chi connectivity index (χ1) is 32.3. The van der Waals surface area contributed by atoms with Crippen LogP contribution in [0.1, 0.15) is 0 Å². The summed E-state index contributed by atoms with van der Waals surface area (Å²) in [5, 5.41) is 80.0. The van der Waals surface area contributed by atoms with Gasteiger partial charge in [-0.25, -0.2) is 0 Å². The molecule has 3 N–H and O–H groups in total. The molecule has 321 valence electrons. The molecule has 10 heteroatoms. The zero-order valence-electron chi connectivity index (χ0n) is 38.9. The van der Waals surface area contributed by atoms with Gasteiger partial charge in [0.05, 0.1) is 0 Å². The predicted molar refractivity (Wildman–Crippen MR) is 264 cm³/mol. The van der Waals surface area contributed by atoms with Crippen LogP contribution < -0.4 is 169 Å². The number of fused-ring (bicyclic) bond motifs is 6. The van der Waals surface area contributed by atoms with Gasteiger partial charge in [0, 0.05) is 52.3 Å². The second-order valence-corrected chi connectivity index (χ2v) is 16.0. The fourth-order valence-corrected chi connectivity index (χ4v) is 9.10. The Bertz CT molecular complexity index is 3180. The van der Waals surface area contributed by atoms with Gasteiger partial charge >= 0.3 is 154 Å². The van der Waals surface area contributed by atoms with Gasteiger partial charge in [0.15, 0.2) is 0 Å². The zero-order valence-corrected chi connectivity index (χ0v) is 51.9.